The van der Waals surface area contributed by atoms with Crippen molar-refractivity contribution in [3.05, 3.63) is 59.2 Å². The van der Waals surface area contributed by atoms with E-state index in [-0.39, 0.29) is 35.1 Å². The summed E-state index contributed by atoms with van der Waals surface area (Å²) >= 11 is 0.587. The molecule has 1 aliphatic heterocycles. The Bertz CT molecular complexity index is 1090. The number of halogens is 4. The molecule has 0 amide bonds. The summed E-state index contributed by atoms with van der Waals surface area (Å²) in [4.78, 5) is 17.2. The van der Waals surface area contributed by atoms with Crippen molar-refractivity contribution in [2.24, 2.45) is 5.92 Å². The summed E-state index contributed by atoms with van der Waals surface area (Å²) in [6.07, 6.45) is -3.25. The zero-order valence-corrected chi connectivity index (χ0v) is 18.0. The lowest BCUT2D eigenvalue weighted by Crippen LogP contribution is -2.39. The minimum Gasteiger partial charge on any atom is -0.469 e. The van der Waals surface area contributed by atoms with Crippen molar-refractivity contribution in [3.63, 3.8) is 0 Å². The van der Waals surface area contributed by atoms with Gasteiger partial charge in [-0.3, -0.25) is 4.79 Å². The lowest BCUT2D eigenvalue weighted by atomic mass is 9.99. The molecule has 0 aliphatic carbocycles. The number of nitrogens with zero attached hydrogens (tertiary/aromatic N) is 2. The van der Waals surface area contributed by atoms with Crippen molar-refractivity contribution in [1.82, 2.24) is 4.98 Å². The van der Waals surface area contributed by atoms with Crippen LogP contribution in [-0.4, -0.2) is 31.2 Å². The van der Waals surface area contributed by atoms with E-state index in [1.165, 1.54) is 19.2 Å². The van der Waals surface area contributed by atoms with Crippen LogP contribution in [0.15, 0.2) is 48.5 Å². The third-order valence-electron chi connectivity index (χ3n) is 5.44. The zero-order valence-electron chi connectivity index (χ0n) is 17.2. The first-order valence-electron chi connectivity index (χ1n) is 10.0. The van der Waals surface area contributed by atoms with Gasteiger partial charge in [0.1, 0.15) is 10.7 Å². The van der Waals surface area contributed by atoms with Gasteiger partial charge in [-0.05, 0) is 36.1 Å². The summed E-state index contributed by atoms with van der Waals surface area (Å²) in [5.74, 6) is -1.10. The molecule has 4 nitrogen and oxygen atoms in total. The Labute approximate surface area is 186 Å². The highest BCUT2D eigenvalue weighted by molar-refractivity contribution is 7.16. The molecule has 4 rings (SSSR count). The van der Waals surface area contributed by atoms with Crippen LogP contribution < -0.4 is 4.90 Å². The van der Waals surface area contributed by atoms with Crippen LogP contribution in [0.3, 0.4) is 0 Å². The second kappa shape index (κ2) is 8.90. The highest BCUT2D eigenvalue weighted by Gasteiger charge is 2.39. The molecule has 1 unspecified atom stereocenters. The van der Waals surface area contributed by atoms with E-state index in [1.54, 1.807) is 41.3 Å². The highest BCUT2D eigenvalue weighted by atomic mass is 32.1. The fraction of sp³-hybridized carbons (Fsp3) is 0.304. The number of methoxy groups -OCH3 is 1. The number of thiazole rings is 1. The molecule has 0 radical (unpaired) electrons. The molecule has 0 bridgehead atoms. The van der Waals surface area contributed by atoms with Crippen LogP contribution in [0.1, 0.15) is 17.7 Å². The van der Waals surface area contributed by atoms with Gasteiger partial charge in [0.15, 0.2) is 5.13 Å². The predicted octanol–water partition coefficient (Wildman–Crippen LogP) is 6.02. The van der Waals surface area contributed by atoms with Gasteiger partial charge in [0, 0.05) is 18.7 Å². The maximum Gasteiger partial charge on any atom is 0.427 e. The Kier molecular flexibility index (Phi) is 6.19. The Morgan fingerprint density at radius 2 is 1.66 bits per heavy atom. The van der Waals surface area contributed by atoms with Crippen LogP contribution in [-0.2, 0) is 15.7 Å². The Morgan fingerprint density at radius 1 is 1.06 bits per heavy atom. The summed E-state index contributed by atoms with van der Waals surface area (Å²) in [6, 6.07) is 12.4. The van der Waals surface area contributed by atoms with Gasteiger partial charge >= 0.3 is 12.1 Å². The molecule has 1 fully saturated rings. The number of aromatic nitrogens is 1. The van der Waals surface area contributed by atoms with Gasteiger partial charge in [-0.15, -0.1) is 0 Å². The monoisotopic (exact) mass is 464 g/mol. The molecule has 168 valence electrons. The van der Waals surface area contributed by atoms with E-state index in [4.69, 9.17) is 4.74 Å². The van der Waals surface area contributed by atoms with E-state index < -0.39 is 11.1 Å². The minimum absolute atomic E-state index is 0.136. The van der Waals surface area contributed by atoms with E-state index in [2.05, 4.69) is 4.98 Å². The van der Waals surface area contributed by atoms with Crippen LogP contribution in [0.2, 0.25) is 0 Å². The van der Waals surface area contributed by atoms with Crippen LogP contribution in [0, 0.1) is 11.7 Å². The number of piperidine rings is 1. The average Bonchev–Trinajstić information content (AvgIpc) is 3.26. The van der Waals surface area contributed by atoms with Crippen molar-refractivity contribution in [2.45, 2.75) is 19.0 Å². The summed E-state index contributed by atoms with van der Waals surface area (Å²) in [5, 5.41) is 0.239. The maximum absolute atomic E-state index is 13.8. The number of anilines is 1. The topological polar surface area (TPSA) is 42.4 Å². The molecule has 1 aromatic heterocycles. The molecular weight excluding hydrogens is 444 g/mol. The largest absolute Gasteiger partial charge is 0.469 e. The van der Waals surface area contributed by atoms with Gasteiger partial charge in [0.2, 0.25) is 0 Å². The van der Waals surface area contributed by atoms with Crippen LogP contribution in [0.4, 0.5) is 22.7 Å². The fourth-order valence-electron chi connectivity index (χ4n) is 3.80. The molecule has 3 aromatic rings. The third-order valence-corrected chi connectivity index (χ3v) is 6.60. The lowest BCUT2D eigenvalue weighted by molar-refractivity contribution is -0.145. The third kappa shape index (κ3) is 4.62. The summed E-state index contributed by atoms with van der Waals surface area (Å²) in [6.45, 7) is 0.807. The van der Waals surface area contributed by atoms with E-state index in [0.717, 1.165) is 11.1 Å². The van der Waals surface area contributed by atoms with Gasteiger partial charge < -0.3 is 9.64 Å². The Morgan fingerprint density at radius 3 is 2.25 bits per heavy atom. The quantitative estimate of drug-likeness (QED) is 0.350. The summed E-state index contributed by atoms with van der Waals surface area (Å²) < 4.78 is 59.3. The SMILES string of the molecule is COC(=O)C1CCCN(c2nc(-c3ccc(-c4ccc(F)cc4)cc3)c(C(F)(F)F)s2)C1. The van der Waals surface area contributed by atoms with Crippen molar-refractivity contribution in [3.8, 4) is 22.4 Å². The van der Waals surface area contributed by atoms with E-state index in [1.807, 2.05) is 0 Å². The number of hydrogen-bond donors (Lipinski definition) is 0. The first-order chi connectivity index (χ1) is 15.3. The van der Waals surface area contributed by atoms with Gasteiger partial charge in [-0.2, -0.15) is 13.2 Å². The maximum atomic E-state index is 13.8. The van der Waals surface area contributed by atoms with Crippen molar-refractivity contribution in [1.29, 1.82) is 0 Å². The second-order valence-corrected chi connectivity index (χ2v) is 8.54. The van der Waals surface area contributed by atoms with Crippen molar-refractivity contribution < 1.29 is 27.1 Å². The number of ether oxygens (including phenoxy) is 1. The Hall–Kier alpha value is -2.94. The summed E-state index contributed by atoms with van der Waals surface area (Å²) in [7, 11) is 1.31. The molecule has 2 aromatic carbocycles. The normalized spacial score (nSPS) is 16.8. The standard InChI is InChI=1S/C23H20F4N2O2S/c1-31-21(30)17-3-2-12-29(13-17)22-28-19(20(32-22)23(25,26)27)16-6-4-14(5-7-16)15-8-10-18(24)11-9-15/h4-11,17H,2-3,12-13H2,1H3. The van der Waals surface area contributed by atoms with Crippen LogP contribution in [0.25, 0.3) is 22.4 Å². The molecule has 2 heterocycles. The summed E-state index contributed by atoms with van der Waals surface area (Å²) in [5.41, 5.74) is 1.72. The average molecular weight is 464 g/mol. The number of alkyl halides is 3. The number of benzene rings is 2. The molecule has 0 spiro atoms. The molecular formula is C23H20F4N2O2S. The van der Waals surface area contributed by atoms with E-state index in [0.29, 0.717) is 36.3 Å². The van der Waals surface area contributed by atoms with Gasteiger partial charge in [-0.1, -0.05) is 47.7 Å². The van der Waals surface area contributed by atoms with Gasteiger partial charge in [0.05, 0.1) is 18.7 Å². The molecule has 0 N–H and O–H groups in total. The molecule has 32 heavy (non-hydrogen) atoms. The first kappa shape index (κ1) is 22.3. The number of hydrogen-bond acceptors (Lipinski definition) is 5. The predicted molar refractivity (Wildman–Crippen MR) is 115 cm³/mol. The smallest absolute Gasteiger partial charge is 0.427 e. The Balaban J connectivity index is 1.65. The fourth-order valence-corrected chi connectivity index (χ4v) is 4.80. The molecule has 1 saturated heterocycles. The van der Waals surface area contributed by atoms with Crippen molar-refractivity contribution >= 4 is 22.4 Å². The first-order valence-corrected chi connectivity index (χ1v) is 10.8. The number of carbonyl (C=O) groups excluding carboxylic acids is 1. The number of esters is 1. The second-order valence-electron chi connectivity index (χ2n) is 7.56. The van der Waals surface area contributed by atoms with E-state index in [9.17, 15) is 22.4 Å². The lowest BCUT2D eigenvalue weighted by Gasteiger charge is -2.30. The minimum atomic E-state index is -4.56. The molecule has 1 atom stereocenters. The number of carbonyl (C=O) groups is 1. The molecule has 0 saturated carbocycles. The van der Waals surface area contributed by atoms with Gasteiger partial charge in [0.25, 0.3) is 0 Å². The number of rotatable bonds is 4. The molecule has 1 aliphatic rings. The van der Waals surface area contributed by atoms with Gasteiger partial charge in [-0.25, -0.2) is 9.37 Å². The van der Waals surface area contributed by atoms with Crippen LogP contribution in [0.5, 0.6) is 0 Å². The molecule has 9 heteroatoms. The van der Waals surface area contributed by atoms with Crippen LogP contribution >= 0.6 is 11.3 Å². The van der Waals surface area contributed by atoms with E-state index >= 15 is 0 Å². The highest BCUT2D eigenvalue weighted by Crippen LogP contribution is 2.44. The zero-order chi connectivity index (χ0) is 22.9. The van der Waals surface area contributed by atoms with Crippen molar-refractivity contribution in [2.75, 3.05) is 25.1 Å².